The van der Waals surface area contributed by atoms with Crippen LogP contribution in [0.25, 0.3) is 0 Å². The van der Waals surface area contributed by atoms with Crippen LogP contribution in [0.2, 0.25) is 0 Å². The quantitative estimate of drug-likeness (QED) is 0.496. The smallest absolute Gasteiger partial charge is 0.339 e. The summed E-state index contributed by atoms with van der Waals surface area (Å²) in [5.74, 6) is -0.481. The van der Waals surface area contributed by atoms with Crippen LogP contribution in [-0.4, -0.2) is 43.8 Å². The summed E-state index contributed by atoms with van der Waals surface area (Å²) in [4.78, 5) is 37.0. The Balaban J connectivity index is 2.03. The summed E-state index contributed by atoms with van der Waals surface area (Å²) < 4.78 is 22.0. The van der Waals surface area contributed by atoms with Gasteiger partial charge in [-0.1, -0.05) is 30.3 Å². The number of rotatable bonds is 11. The fourth-order valence-electron chi connectivity index (χ4n) is 2.82. The molecule has 0 bridgehead atoms. The van der Waals surface area contributed by atoms with Crippen molar-refractivity contribution < 1.29 is 33.3 Å². The molecule has 2 rings (SSSR count). The van der Waals surface area contributed by atoms with Crippen molar-refractivity contribution in [2.75, 3.05) is 19.8 Å². The predicted molar refractivity (Wildman–Crippen MR) is 122 cm³/mol. The van der Waals surface area contributed by atoms with Gasteiger partial charge in [-0.25, -0.2) is 9.59 Å². The largest absolute Gasteiger partial charge is 0.490 e. The molecule has 178 valence electrons. The molecule has 0 fully saturated rings. The minimum atomic E-state index is -1.21. The molecule has 0 saturated carbocycles. The van der Waals surface area contributed by atoms with E-state index in [-0.39, 0.29) is 12.1 Å². The number of nitrogens with one attached hydrogen (secondary N) is 2. The average molecular weight is 459 g/mol. The molecule has 0 heterocycles. The van der Waals surface area contributed by atoms with E-state index < -0.39 is 24.0 Å². The fraction of sp³-hybridized carbons (Fsp3) is 0.375. The van der Waals surface area contributed by atoms with Crippen molar-refractivity contribution in [1.82, 2.24) is 10.6 Å². The van der Waals surface area contributed by atoms with Crippen molar-refractivity contribution in [3.8, 4) is 17.2 Å². The van der Waals surface area contributed by atoms with E-state index in [2.05, 4.69) is 10.6 Å². The summed E-state index contributed by atoms with van der Waals surface area (Å²) in [6, 6.07) is 11.5. The van der Waals surface area contributed by atoms with Gasteiger partial charge in [-0.2, -0.15) is 0 Å². The number of ether oxygens (including phenoxy) is 4. The van der Waals surface area contributed by atoms with Crippen molar-refractivity contribution in [3.63, 3.8) is 0 Å². The first-order valence-corrected chi connectivity index (χ1v) is 10.8. The summed E-state index contributed by atoms with van der Waals surface area (Å²) >= 11 is 0. The van der Waals surface area contributed by atoms with E-state index in [1.54, 1.807) is 13.8 Å². The first-order valence-electron chi connectivity index (χ1n) is 10.8. The van der Waals surface area contributed by atoms with Gasteiger partial charge in [0.15, 0.2) is 17.6 Å². The van der Waals surface area contributed by atoms with Crippen LogP contribution in [0.1, 0.15) is 43.6 Å². The third-order valence-electron chi connectivity index (χ3n) is 4.33. The van der Waals surface area contributed by atoms with Gasteiger partial charge in [0.1, 0.15) is 0 Å². The van der Waals surface area contributed by atoms with Gasteiger partial charge >= 0.3 is 12.0 Å². The van der Waals surface area contributed by atoms with Crippen LogP contribution in [-0.2, 0) is 16.1 Å². The van der Waals surface area contributed by atoms with Crippen LogP contribution in [0.3, 0.4) is 0 Å². The first kappa shape index (κ1) is 25.5. The van der Waals surface area contributed by atoms with Crippen LogP contribution in [0.15, 0.2) is 42.5 Å². The Bertz CT molecular complexity index is 920. The van der Waals surface area contributed by atoms with Crippen LogP contribution < -0.4 is 24.8 Å². The average Bonchev–Trinajstić information content (AvgIpc) is 2.80. The highest BCUT2D eigenvalue weighted by Crippen LogP contribution is 2.39. The van der Waals surface area contributed by atoms with Gasteiger partial charge in [-0.15, -0.1) is 0 Å². The Morgan fingerprint density at radius 3 is 2.00 bits per heavy atom. The molecule has 0 radical (unpaired) electrons. The molecule has 9 nitrogen and oxygen atoms in total. The topological polar surface area (TPSA) is 112 Å². The number of carbonyl (C=O) groups excluding carboxylic acids is 3. The minimum absolute atomic E-state index is 0.124. The Kier molecular flexibility index (Phi) is 10.0. The lowest BCUT2D eigenvalue weighted by Gasteiger charge is -2.18. The summed E-state index contributed by atoms with van der Waals surface area (Å²) in [6.45, 7) is 8.13. The lowest BCUT2D eigenvalue weighted by molar-refractivity contribution is -0.127. The van der Waals surface area contributed by atoms with Crippen molar-refractivity contribution in [2.24, 2.45) is 0 Å². The van der Waals surface area contributed by atoms with Crippen LogP contribution in [0, 0.1) is 0 Å². The number of hydrogen-bond acceptors (Lipinski definition) is 7. The summed E-state index contributed by atoms with van der Waals surface area (Å²) in [5, 5.41) is 4.73. The van der Waals surface area contributed by atoms with Gasteiger partial charge in [-0.3, -0.25) is 10.1 Å². The molecule has 2 aromatic rings. The van der Waals surface area contributed by atoms with E-state index in [4.69, 9.17) is 18.9 Å². The van der Waals surface area contributed by atoms with Gasteiger partial charge in [0.25, 0.3) is 5.91 Å². The second-order valence-electron chi connectivity index (χ2n) is 6.81. The van der Waals surface area contributed by atoms with Crippen molar-refractivity contribution in [2.45, 2.75) is 40.3 Å². The molecule has 9 heteroatoms. The maximum Gasteiger partial charge on any atom is 0.339 e. The third kappa shape index (κ3) is 7.71. The molecule has 2 N–H and O–H groups in total. The number of carbonyl (C=O) groups is 3. The van der Waals surface area contributed by atoms with Crippen LogP contribution in [0.4, 0.5) is 4.79 Å². The zero-order valence-electron chi connectivity index (χ0n) is 19.3. The third-order valence-corrected chi connectivity index (χ3v) is 4.33. The lowest BCUT2D eigenvalue weighted by atomic mass is 10.1. The molecule has 1 atom stereocenters. The zero-order chi connectivity index (χ0) is 24.2. The normalized spacial score (nSPS) is 11.2. The molecular weight excluding hydrogens is 428 g/mol. The molecule has 3 amide bonds. The molecule has 0 aliphatic rings. The molecule has 0 spiro atoms. The van der Waals surface area contributed by atoms with E-state index in [0.29, 0.717) is 37.1 Å². The van der Waals surface area contributed by atoms with E-state index in [0.717, 1.165) is 5.56 Å². The second kappa shape index (κ2) is 12.9. The standard InChI is InChI=1S/C24H30N2O7/c1-5-30-19-13-18(14-20(31-6-2)21(19)32-7-3)23(28)33-16(4)22(27)26-24(29)25-15-17-11-9-8-10-12-17/h8-14,16H,5-7,15H2,1-4H3,(H2,25,26,27,29). The maximum absolute atomic E-state index is 12.7. The highest BCUT2D eigenvalue weighted by molar-refractivity contribution is 5.98. The number of hydrogen-bond donors (Lipinski definition) is 2. The SMILES string of the molecule is CCOc1cc(C(=O)OC(C)C(=O)NC(=O)NCc2ccccc2)cc(OCC)c1OCC. The minimum Gasteiger partial charge on any atom is -0.490 e. The highest BCUT2D eigenvalue weighted by Gasteiger charge is 2.24. The van der Waals surface area contributed by atoms with Gasteiger partial charge < -0.3 is 24.3 Å². The van der Waals surface area contributed by atoms with E-state index >= 15 is 0 Å². The molecule has 0 aliphatic carbocycles. The summed E-state index contributed by atoms with van der Waals surface area (Å²) in [7, 11) is 0. The summed E-state index contributed by atoms with van der Waals surface area (Å²) in [5.41, 5.74) is 1.00. The number of esters is 1. The van der Waals surface area contributed by atoms with Gasteiger partial charge in [0, 0.05) is 6.54 Å². The molecule has 33 heavy (non-hydrogen) atoms. The van der Waals surface area contributed by atoms with Gasteiger partial charge in [0.2, 0.25) is 5.75 Å². The van der Waals surface area contributed by atoms with E-state index in [1.165, 1.54) is 19.1 Å². The Labute approximate surface area is 193 Å². The van der Waals surface area contributed by atoms with Gasteiger partial charge in [0.05, 0.1) is 25.4 Å². The second-order valence-corrected chi connectivity index (χ2v) is 6.81. The van der Waals surface area contributed by atoms with E-state index in [1.807, 2.05) is 37.3 Å². The number of imide groups is 1. The molecular formula is C24H30N2O7. The molecule has 0 saturated heterocycles. The molecule has 1 unspecified atom stereocenters. The summed E-state index contributed by atoms with van der Waals surface area (Å²) in [6.07, 6.45) is -1.21. The Morgan fingerprint density at radius 2 is 1.45 bits per heavy atom. The fourth-order valence-corrected chi connectivity index (χ4v) is 2.82. The molecule has 0 aliphatic heterocycles. The van der Waals surface area contributed by atoms with Crippen molar-refractivity contribution in [1.29, 1.82) is 0 Å². The van der Waals surface area contributed by atoms with E-state index in [9.17, 15) is 14.4 Å². The Morgan fingerprint density at radius 1 is 0.879 bits per heavy atom. The lowest BCUT2D eigenvalue weighted by Crippen LogP contribution is -2.44. The van der Waals surface area contributed by atoms with Crippen LogP contribution in [0.5, 0.6) is 17.2 Å². The zero-order valence-corrected chi connectivity index (χ0v) is 19.3. The maximum atomic E-state index is 12.7. The molecule has 0 aromatic heterocycles. The number of amides is 3. The van der Waals surface area contributed by atoms with Gasteiger partial charge in [-0.05, 0) is 45.4 Å². The molecule has 2 aromatic carbocycles. The van der Waals surface area contributed by atoms with Crippen molar-refractivity contribution >= 4 is 17.9 Å². The number of urea groups is 1. The monoisotopic (exact) mass is 458 g/mol. The first-order chi connectivity index (χ1) is 15.9. The predicted octanol–water partition coefficient (Wildman–Crippen LogP) is 3.45. The van der Waals surface area contributed by atoms with Crippen LogP contribution >= 0.6 is 0 Å². The van der Waals surface area contributed by atoms with Crippen molar-refractivity contribution in [3.05, 3.63) is 53.6 Å². The highest BCUT2D eigenvalue weighted by atomic mass is 16.6. The Hall–Kier alpha value is -3.75. The number of benzene rings is 2.